The van der Waals surface area contributed by atoms with Gasteiger partial charge in [0.15, 0.2) is 69.2 Å². The van der Waals surface area contributed by atoms with E-state index in [0.29, 0.717) is 0 Å². The van der Waals surface area contributed by atoms with Crippen molar-refractivity contribution in [3.05, 3.63) is 0 Å². The van der Waals surface area contributed by atoms with Crippen LogP contribution in [0.5, 0.6) is 0 Å². The van der Waals surface area contributed by atoms with Crippen molar-refractivity contribution in [1.29, 1.82) is 0 Å². The first-order valence-corrected chi connectivity index (χ1v) is 43.8. The van der Waals surface area contributed by atoms with E-state index in [1.54, 1.807) is 0 Å². The first-order valence-electron chi connectivity index (χ1n) is 42.3. The van der Waals surface area contributed by atoms with Gasteiger partial charge in [0, 0.05) is 20.8 Å². The van der Waals surface area contributed by atoms with E-state index in [1.165, 1.54) is 6.92 Å². The van der Waals surface area contributed by atoms with Gasteiger partial charge >= 0.3 is 7.82 Å². The third-order valence-corrected chi connectivity index (χ3v) is 24.8. The maximum Gasteiger partial charge on any atom is 0.469 e. The Morgan fingerprint density at radius 3 is 0.940 bits per heavy atom. The Labute approximate surface area is 756 Å². The third kappa shape index (κ3) is 24.9. The van der Waals surface area contributed by atoms with Gasteiger partial charge in [-0.2, -0.15) is 0 Å². The van der Waals surface area contributed by atoms with Crippen LogP contribution in [0.1, 0.15) is 27.7 Å². The standard InChI is InChI=1S/C72H122N3O58P/c1-15-32(85)43(96)49(102)65(116-15)113-13-28-57(40(93)29(62(108)117-28)73-16(2)82)127-63-30(74-17(3)83)41(94)56(24(10-81)122-63)129-70-54(107)59(131-72-61(48(101)36(89)22(8-79)121-72)132-64-31(75-18(4)84)42(95)55(23(9-80)123-64)128-67-50(103)44(97)33(86)19(5-76)118-67)39(92)26(125-70)11-112-66-53(106)58(130-68-51(104)45(98)34(87)20(6-77)119-68)38(91)25(124-66)12-114-71-60(47(100)35(88)21(7-78)120-71)133-69-52(105)46(99)37(90)27(126-69)14-115-134(109,110)111/h15,19-72,76-81,85-108H,5-14H2,1-4H3,(H,73,82)(H,74,83)(H,75,84)(H2,109,110,111)/t15-,19+,20+,21+,22+,23+,24+,25+,26+,27+,28+,29+,30+,31+,32+,33-,34+,35+,36+,37+,38+,39+,40+,41+,42+,43+,44-,45-,46-,47-,48-,49-,50+,51-,52-,53-,54-,55+,56+,57+,58-,59-,60-,61-,62?,63-,64-,65+,66-,67-,68+,69+,70-,71-,72+/m0/s1. The first-order chi connectivity index (χ1) is 63.1. The molecule has 0 aromatic carbocycles. The topological polar surface area (TPSA) is 955 Å². The monoisotopic (exact) mass is 1990 g/mol. The van der Waals surface area contributed by atoms with Crippen LogP contribution in [0.25, 0.3) is 0 Å². The summed E-state index contributed by atoms with van der Waals surface area (Å²) in [4.78, 5) is 57.7. The Morgan fingerprint density at radius 2 is 0.515 bits per heavy atom. The summed E-state index contributed by atoms with van der Waals surface area (Å²) in [6, 6.07) is -5.91. The molecule has 11 rings (SSSR count). The molecule has 0 spiro atoms. The molecule has 11 fully saturated rings. The molecule has 11 aliphatic rings. The molecule has 134 heavy (non-hydrogen) atoms. The number of aliphatic hydroxyl groups excluding tert-OH is 30. The number of phosphoric ester groups is 1. The highest BCUT2D eigenvalue weighted by Gasteiger charge is 2.62. The molecule has 0 bridgehead atoms. The highest BCUT2D eigenvalue weighted by molar-refractivity contribution is 7.46. The van der Waals surface area contributed by atoms with Gasteiger partial charge in [-0.25, -0.2) is 4.57 Å². The molecule has 11 saturated heterocycles. The van der Waals surface area contributed by atoms with E-state index in [0.717, 1.165) is 20.8 Å². The number of phosphoric acid groups is 1. The molecule has 11 aliphatic heterocycles. The first kappa shape index (κ1) is 111. The van der Waals surface area contributed by atoms with E-state index in [1.807, 2.05) is 0 Å². The van der Waals surface area contributed by atoms with Gasteiger partial charge in [0.2, 0.25) is 17.7 Å². The molecular formula is C72H122N3O58P. The Kier molecular flexibility index (Phi) is 39.5. The fraction of sp³-hybridized carbons (Fsp3) is 0.958. The van der Waals surface area contributed by atoms with Crippen molar-refractivity contribution in [2.24, 2.45) is 0 Å². The summed E-state index contributed by atoms with van der Waals surface area (Å²) in [7, 11) is -5.35. The third-order valence-electron chi connectivity index (χ3n) is 24.3. The van der Waals surface area contributed by atoms with Crippen molar-refractivity contribution in [3.63, 3.8) is 0 Å². The number of carbonyl (C=O) groups excluding carboxylic acids is 3. The Bertz CT molecular complexity index is 3700. The van der Waals surface area contributed by atoms with E-state index in [9.17, 15) is 182 Å². The SMILES string of the molecule is CC(=O)N[C@H]1[C@H](O[C@H]2[C@H](O)[C@@H](NC(C)=O)C(O)O[C@@H]2CO[C@@H]2O[C@@H](C)[C@@H](O)[C@@H](O)[C@@H]2O)O[C@H](CO)[C@@H](O[C@@H]2O[C@H](CO[C@H]3O[C@H](CO[C@H]4O[C@H](CO)[C@@H](O)[C@H](O)[C@@H]4O[C@H]4O[C@H](COP(=O)(O)O)[C@@H](O)[C@H](O)[C@@H]4O)[C@@H](O)[C@H](O[C@H]4O[C@H](CO)[C@@H](O)[C@H](O)[C@@H]4O)[C@@H]3O)[C@@H](O)[C@H](O[C@H]3O[C@H](CO)[C@@H](O)[C@H](O)[C@@H]3O[C@@H]3O[C@H](CO)[C@@H](O[C@@H]4O[C@H](CO)[C@H](O)[C@H](O)[C@H]4O)[C@H](O)[C@H]3NC(C)=O)[C@@H]2O)[C@@H]1O. The van der Waals surface area contributed by atoms with Gasteiger partial charge in [-0.15, -0.1) is 0 Å². The van der Waals surface area contributed by atoms with Crippen LogP contribution in [0.3, 0.4) is 0 Å². The number of ether oxygens (including phenoxy) is 21. The molecule has 0 aliphatic carbocycles. The number of hydrogen-bond donors (Lipinski definition) is 35. The molecule has 778 valence electrons. The normalized spacial score (nSPS) is 50.0. The predicted molar refractivity (Wildman–Crippen MR) is 407 cm³/mol. The molecular weight excluding hydrogens is 1870 g/mol. The fourth-order valence-electron chi connectivity index (χ4n) is 16.9. The predicted octanol–water partition coefficient (Wildman–Crippen LogP) is -23.4. The summed E-state index contributed by atoms with van der Waals surface area (Å²) in [5, 5.41) is 344. The number of carbonyl (C=O) groups is 3. The average Bonchev–Trinajstić information content (AvgIpc) is 0.754. The van der Waals surface area contributed by atoms with Crippen molar-refractivity contribution in [2.45, 2.75) is 365 Å². The molecule has 1 unspecified atom stereocenters. The van der Waals surface area contributed by atoms with E-state index >= 15 is 0 Å². The second kappa shape index (κ2) is 47.8. The summed E-state index contributed by atoms with van der Waals surface area (Å²) < 4.78 is 140. The lowest BCUT2D eigenvalue weighted by Crippen LogP contribution is -2.71. The summed E-state index contributed by atoms with van der Waals surface area (Å²) in [6.07, 6.45) is -113. The molecule has 0 saturated carbocycles. The van der Waals surface area contributed by atoms with Gasteiger partial charge in [0.1, 0.15) is 262 Å². The molecule has 35 N–H and O–H groups in total. The molecule has 62 heteroatoms. The zero-order valence-corrected chi connectivity index (χ0v) is 72.1. The number of hydrogen-bond acceptors (Lipinski definition) is 56. The maximum absolute atomic E-state index is 13.3. The summed E-state index contributed by atoms with van der Waals surface area (Å²) in [6.45, 7) is -7.66. The second-order valence-corrected chi connectivity index (χ2v) is 34.9. The summed E-state index contributed by atoms with van der Waals surface area (Å²) in [5.41, 5.74) is 0. The Balaban J connectivity index is 0.936. The van der Waals surface area contributed by atoms with Crippen molar-refractivity contribution in [3.8, 4) is 0 Å². The van der Waals surface area contributed by atoms with E-state index in [4.69, 9.17) is 99.5 Å². The van der Waals surface area contributed by atoms with Crippen LogP contribution >= 0.6 is 7.82 Å². The fourth-order valence-corrected chi connectivity index (χ4v) is 17.2. The highest BCUT2D eigenvalue weighted by Crippen LogP contribution is 2.43. The Morgan fingerprint density at radius 1 is 0.246 bits per heavy atom. The van der Waals surface area contributed by atoms with Crippen LogP contribution in [0, 0.1) is 0 Å². The van der Waals surface area contributed by atoms with E-state index < -0.39 is 429 Å². The van der Waals surface area contributed by atoms with Gasteiger partial charge in [-0.3, -0.25) is 18.9 Å². The largest absolute Gasteiger partial charge is 0.469 e. The molecule has 61 nitrogen and oxygen atoms in total. The molecule has 0 aromatic rings. The van der Waals surface area contributed by atoms with Crippen LogP contribution in [0.4, 0.5) is 0 Å². The zero-order chi connectivity index (χ0) is 98.7. The Hall–Kier alpha value is -3.52. The minimum absolute atomic E-state index is 0.873. The summed E-state index contributed by atoms with van der Waals surface area (Å²) >= 11 is 0. The lowest BCUT2D eigenvalue weighted by atomic mass is 9.93. The van der Waals surface area contributed by atoms with Crippen molar-refractivity contribution in [1.82, 2.24) is 16.0 Å². The average molecular weight is 1990 g/mol. The molecule has 0 aromatic heterocycles. The molecule has 0 radical (unpaired) electrons. The van der Waals surface area contributed by atoms with Crippen LogP contribution in [0.2, 0.25) is 0 Å². The van der Waals surface area contributed by atoms with Crippen LogP contribution in [-0.2, 0) is 123 Å². The van der Waals surface area contributed by atoms with Crippen molar-refractivity contribution < 1.29 is 286 Å². The quantitative estimate of drug-likeness (QED) is 0.0262. The highest BCUT2D eigenvalue weighted by atomic mass is 31.2. The maximum atomic E-state index is 13.3. The zero-order valence-electron chi connectivity index (χ0n) is 71.2. The van der Waals surface area contributed by atoms with E-state index in [2.05, 4.69) is 20.5 Å². The lowest BCUT2D eigenvalue weighted by molar-refractivity contribution is -0.399. The second-order valence-electron chi connectivity index (χ2n) is 33.7. The van der Waals surface area contributed by atoms with Gasteiger partial charge in [-0.05, 0) is 6.92 Å². The summed E-state index contributed by atoms with van der Waals surface area (Å²) in [5.74, 6) is -2.92. The van der Waals surface area contributed by atoms with Gasteiger partial charge in [0.05, 0.1) is 72.2 Å². The van der Waals surface area contributed by atoms with Gasteiger partial charge in [0.25, 0.3) is 0 Å². The van der Waals surface area contributed by atoms with Crippen molar-refractivity contribution >= 4 is 25.5 Å². The number of rotatable bonds is 35. The van der Waals surface area contributed by atoms with Gasteiger partial charge < -0.3 is 278 Å². The van der Waals surface area contributed by atoms with Crippen LogP contribution in [0.15, 0.2) is 0 Å². The molecule has 55 atom stereocenters. The molecule has 3 amide bonds. The smallest absolute Gasteiger partial charge is 0.394 e. The minimum Gasteiger partial charge on any atom is -0.394 e. The number of aliphatic hydroxyl groups is 30. The number of nitrogens with one attached hydrogen (secondary N) is 3. The van der Waals surface area contributed by atoms with Gasteiger partial charge in [-0.1, -0.05) is 0 Å². The lowest BCUT2D eigenvalue weighted by Gasteiger charge is -2.51. The van der Waals surface area contributed by atoms with Crippen molar-refractivity contribution in [2.75, 3.05) is 66.1 Å². The van der Waals surface area contributed by atoms with E-state index in [-0.39, 0.29) is 0 Å². The minimum atomic E-state index is -5.35. The molecule has 11 heterocycles. The van der Waals surface area contributed by atoms with Crippen LogP contribution in [-0.4, -0.2) is 584 Å². The van der Waals surface area contributed by atoms with Crippen LogP contribution < -0.4 is 16.0 Å². The number of amides is 3.